The fourth-order valence-corrected chi connectivity index (χ4v) is 4.54. The second kappa shape index (κ2) is 10.5. The van der Waals surface area contributed by atoms with Gasteiger partial charge in [0.1, 0.15) is 18.5 Å². The minimum Gasteiger partial charge on any atom is -0.490 e. The Hall–Kier alpha value is -2.37. The minimum atomic E-state index is -3.46. The van der Waals surface area contributed by atoms with Crippen molar-refractivity contribution in [1.29, 1.82) is 0 Å². The number of nitrogens with zero attached hydrogens (tertiary/aromatic N) is 1. The number of sulfonamides is 1. The molecule has 10 nitrogen and oxygen atoms in total. The van der Waals surface area contributed by atoms with E-state index >= 15 is 0 Å². The summed E-state index contributed by atoms with van der Waals surface area (Å²) in [6.45, 7) is 2.65. The Morgan fingerprint density at radius 3 is 2.81 bits per heavy atom. The monoisotopic (exact) mass is 469 g/mol. The van der Waals surface area contributed by atoms with Gasteiger partial charge in [-0.1, -0.05) is 0 Å². The zero-order valence-electron chi connectivity index (χ0n) is 18.6. The molecule has 1 aromatic rings. The molecule has 0 unspecified atom stereocenters. The van der Waals surface area contributed by atoms with Crippen LogP contribution >= 0.6 is 0 Å². The number of rotatable bonds is 8. The first-order valence-corrected chi connectivity index (χ1v) is 12.3. The fraction of sp³-hybridized carbons (Fsp3) is 0.619. The molecule has 0 bridgehead atoms. The van der Waals surface area contributed by atoms with Gasteiger partial charge in [0.15, 0.2) is 0 Å². The van der Waals surface area contributed by atoms with E-state index in [1.807, 2.05) is 0 Å². The van der Waals surface area contributed by atoms with Crippen LogP contribution in [0.1, 0.15) is 36.5 Å². The lowest BCUT2D eigenvalue weighted by Gasteiger charge is -2.42. The molecule has 11 heteroatoms. The topological polar surface area (TPSA) is 123 Å². The first-order chi connectivity index (χ1) is 15.2. The number of fused-ring (bicyclic) bond motifs is 2. The predicted octanol–water partition coefficient (Wildman–Crippen LogP) is 0.982. The molecule has 0 aromatic heterocycles. The third kappa shape index (κ3) is 5.90. The summed E-state index contributed by atoms with van der Waals surface area (Å²) in [4.78, 5) is 26.9. The van der Waals surface area contributed by atoms with Crippen molar-refractivity contribution in [1.82, 2.24) is 10.2 Å². The van der Waals surface area contributed by atoms with Crippen molar-refractivity contribution in [2.75, 3.05) is 44.4 Å². The zero-order chi connectivity index (χ0) is 23.3. The molecule has 178 valence electrons. The van der Waals surface area contributed by atoms with E-state index in [9.17, 15) is 18.0 Å². The van der Waals surface area contributed by atoms with Gasteiger partial charge in [-0.25, -0.2) is 8.42 Å². The molecule has 3 rings (SSSR count). The molecule has 32 heavy (non-hydrogen) atoms. The molecule has 2 N–H and O–H groups in total. The normalized spacial score (nSPS) is 23.3. The van der Waals surface area contributed by atoms with E-state index in [4.69, 9.17) is 14.2 Å². The van der Waals surface area contributed by atoms with Gasteiger partial charge in [0, 0.05) is 26.4 Å². The number of nitrogens with one attached hydrogen (secondary N) is 2. The lowest BCUT2D eigenvalue weighted by Crippen LogP contribution is -2.54. The predicted molar refractivity (Wildman–Crippen MR) is 118 cm³/mol. The van der Waals surface area contributed by atoms with Crippen LogP contribution in [0.5, 0.6) is 5.75 Å². The number of carbonyl (C=O) groups excluding carboxylic acids is 2. The van der Waals surface area contributed by atoms with Crippen molar-refractivity contribution in [2.45, 2.75) is 44.4 Å². The Kier molecular flexibility index (Phi) is 7.96. The van der Waals surface area contributed by atoms with Crippen LogP contribution in [-0.2, 0) is 24.3 Å². The van der Waals surface area contributed by atoms with Gasteiger partial charge in [-0.05, 0) is 38.0 Å². The Balaban J connectivity index is 1.71. The highest BCUT2D eigenvalue weighted by Gasteiger charge is 2.39. The third-order valence-electron chi connectivity index (χ3n) is 5.71. The van der Waals surface area contributed by atoms with Gasteiger partial charge >= 0.3 is 0 Å². The van der Waals surface area contributed by atoms with Crippen molar-refractivity contribution in [3.63, 3.8) is 0 Å². The maximum absolute atomic E-state index is 13.2. The molecule has 2 amide bonds. The van der Waals surface area contributed by atoms with Crippen LogP contribution in [0, 0.1) is 0 Å². The molecular formula is C21H31N3O7S. The van der Waals surface area contributed by atoms with Gasteiger partial charge in [0.25, 0.3) is 5.91 Å². The molecule has 0 radical (unpaired) electrons. The standard InChI is InChI=1S/C21H31N3O7S/c1-4-32(27,28)23-14-5-8-18-16(11-14)21(26)24(2)17-7-6-15(31-19(17)13-30-18)12-20(25)22-9-10-29-3/h5,8,11,15,17,19,23H,4,6-7,9-10,12-13H2,1-3H3,(H,22,25)/t15-,17-,19-/m1/s1. The van der Waals surface area contributed by atoms with Crippen LogP contribution in [0.4, 0.5) is 5.69 Å². The number of anilines is 1. The van der Waals surface area contributed by atoms with E-state index in [-0.39, 0.29) is 48.8 Å². The van der Waals surface area contributed by atoms with Crippen LogP contribution in [0.2, 0.25) is 0 Å². The third-order valence-corrected chi connectivity index (χ3v) is 7.01. The zero-order valence-corrected chi connectivity index (χ0v) is 19.4. The molecule has 0 spiro atoms. The van der Waals surface area contributed by atoms with Crippen molar-refractivity contribution in [3.05, 3.63) is 23.8 Å². The van der Waals surface area contributed by atoms with Crippen LogP contribution in [0.3, 0.4) is 0 Å². The summed E-state index contributed by atoms with van der Waals surface area (Å²) in [5, 5.41) is 2.79. The number of benzene rings is 1. The lowest BCUT2D eigenvalue weighted by atomic mass is 9.94. The summed E-state index contributed by atoms with van der Waals surface area (Å²) in [5.41, 5.74) is 0.606. The molecule has 1 fully saturated rings. The summed E-state index contributed by atoms with van der Waals surface area (Å²) in [7, 11) is -0.182. The first kappa shape index (κ1) is 24.3. The number of hydrogen-bond donors (Lipinski definition) is 2. The van der Waals surface area contributed by atoms with Gasteiger partial charge in [-0.2, -0.15) is 0 Å². The van der Waals surface area contributed by atoms with E-state index < -0.39 is 10.0 Å². The van der Waals surface area contributed by atoms with E-state index in [0.29, 0.717) is 43.0 Å². The molecule has 2 aliphatic heterocycles. The van der Waals surface area contributed by atoms with E-state index in [1.165, 1.54) is 13.0 Å². The Bertz CT molecular complexity index is 937. The maximum atomic E-state index is 13.2. The van der Waals surface area contributed by atoms with Crippen LogP contribution in [-0.4, -0.2) is 83.1 Å². The SMILES string of the molecule is CCS(=O)(=O)Nc1ccc2c(c1)C(=O)N(C)[C@@H]1CC[C@H](CC(=O)NCCOC)O[C@@H]1CO2. The molecule has 1 aromatic carbocycles. The Morgan fingerprint density at radius 2 is 2.09 bits per heavy atom. The van der Waals surface area contributed by atoms with Gasteiger partial charge in [0.05, 0.1) is 36.5 Å². The lowest BCUT2D eigenvalue weighted by molar-refractivity contribution is -0.134. The Labute approximate surface area is 188 Å². The highest BCUT2D eigenvalue weighted by Crippen LogP contribution is 2.32. The number of amides is 2. The van der Waals surface area contributed by atoms with Crippen molar-refractivity contribution in [3.8, 4) is 5.75 Å². The first-order valence-electron chi connectivity index (χ1n) is 10.7. The number of methoxy groups -OCH3 is 1. The second-order valence-corrected chi connectivity index (χ2v) is 9.94. The molecule has 2 aliphatic rings. The van der Waals surface area contributed by atoms with Crippen molar-refractivity contribution >= 4 is 27.5 Å². The summed E-state index contributed by atoms with van der Waals surface area (Å²) >= 11 is 0. The summed E-state index contributed by atoms with van der Waals surface area (Å²) in [5.74, 6) is -0.0790. The summed E-state index contributed by atoms with van der Waals surface area (Å²) < 4.78 is 43.2. The summed E-state index contributed by atoms with van der Waals surface area (Å²) in [6.07, 6.45) is 0.919. The average molecular weight is 470 g/mol. The Morgan fingerprint density at radius 1 is 1.31 bits per heavy atom. The largest absolute Gasteiger partial charge is 0.490 e. The maximum Gasteiger partial charge on any atom is 0.257 e. The molecule has 3 atom stereocenters. The van der Waals surface area contributed by atoms with E-state index in [2.05, 4.69) is 10.0 Å². The number of likely N-dealkylation sites (N-methyl/N-ethyl adjacent to an activating group) is 1. The molecule has 2 heterocycles. The second-order valence-electron chi connectivity index (χ2n) is 7.93. The van der Waals surface area contributed by atoms with Crippen LogP contribution in [0.25, 0.3) is 0 Å². The fourth-order valence-electron chi connectivity index (χ4n) is 3.91. The molecule has 0 aliphatic carbocycles. The van der Waals surface area contributed by atoms with Gasteiger partial charge in [-0.3, -0.25) is 14.3 Å². The number of carbonyl (C=O) groups is 2. The highest BCUT2D eigenvalue weighted by atomic mass is 32.2. The average Bonchev–Trinajstić information content (AvgIpc) is 2.76. The number of ether oxygens (including phenoxy) is 3. The minimum absolute atomic E-state index is 0.0684. The number of hydrogen-bond acceptors (Lipinski definition) is 7. The smallest absolute Gasteiger partial charge is 0.257 e. The molecule has 0 saturated carbocycles. The van der Waals surface area contributed by atoms with E-state index in [1.54, 1.807) is 31.2 Å². The van der Waals surface area contributed by atoms with Crippen LogP contribution < -0.4 is 14.8 Å². The van der Waals surface area contributed by atoms with Gasteiger partial charge in [-0.15, -0.1) is 0 Å². The van der Waals surface area contributed by atoms with Crippen molar-refractivity contribution < 1.29 is 32.2 Å². The highest BCUT2D eigenvalue weighted by molar-refractivity contribution is 7.92. The van der Waals surface area contributed by atoms with Gasteiger partial charge < -0.3 is 24.4 Å². The summed E-state index contributed by atoms with van der Waals surface area (Å²) in [6, 6.07) is 4.43. The van der Waals surface area contributed by atoms with Gasteiger partial charge in [0.2, 0.25) is 15.9 Å². The molecular weight excluding hydrogens is 438 g/mol. The quantitative estimate of drug-likeness (QED) is 0.544. The molecule has 1 saturated heterocycles. The van der Waals surface area contributed by atoms with E-state index in [0.717, 1.165) is 0 Å². The van der Waals surface area contributed by atoms with Crippen molar-refractivity contribution in [2.24, 2.45) is 0 Å². The van der Waals surface area contributed by atoms with Crippen LogP contribution in [0.15, 0.2) is 18.2 Å².